The molecule has 4 N–H and O–H groups in total. The van der Waals surface area contributed by atoms with Crippen molar-refractivity contribution in [2.24, 2.45) is 11.1 Å². The van der Waals surface area contributed by atoms with Crippen molar-refractivity contribution in [1.82, 2.24) is 5.32 Å². The molecule has 1 aliphatic carbocycles. The lowest BCUT2D eigenvalue weighted by Gasteiger charge is -2.39. The standard InChI is InChI=1S/C12H22N2O4/c1-2-18-9(6-10(15)16)7-14-11(17)12(8-13)4-3-5-12/h9H,2-8,13H2,1H3,(H,14,17)(H,15,16). The highest BCUT2D eigenvalue weighted by molar-refractivity contribution is 5.83. The maximum Gasteiger partial charge on any atom is 0.306 e. The Morgan fingerprint density at radius 2 is 2.17 bits per heavy atom. The van der Waals surface area contributed by atoms with Gasteiger partial charge in [0.2, 0.25) is 5.91 Å². The number of rotatable bonds is 8. The first-order valence-electron chi connectivity index (χ1n) is 6.36. The summed E-state index contributed by atoms with van der Waals surface area (Å²) in [5.41, 5.74) is 5.20. The Hall–Kier alpha value is -1.14. The van der Waals surface area contributed by atoms with Gasteiger partial charge in [-0.05, 0) is 19.8 Å². The highest BCUT2D eigenvalue weighted by Crippen LogP contribution is 2.39. The van der Waals surface area contributed by atoms with E-state index in [9.17, 15) is 9.59 Å². The van der Waals surface area contributed by atoms with Crippen LogP contribution in [-0.4, -0.2) is 42.8 Å². The number of carbonyl (C=O) groups excluding carboxylic acids is 1. The lowest BCUT2D eigenvalue weighted by Crippen LogP contribution is -2.51. The third-order valence-corrected chi connectivity index (χ3v) is 3.48. The van der Waals surface area contributed by atoms with Gasteiger partial charge in [0.1, 0.15) is 0 Å². The minimum Gasteiger partial charge on any atom is -0.481 e. The molecule has 1 fully saturated rings. The molecule has 0 aromatic carbocycles. The molecule has 1 atom stereocenters. The zero-order valence-electron chi connectivity index (χ0n) is 10.8. The van der Waals surface area contributed by atoms with E-state index in [1.165, 1.54) is 0 Å². The van der Waals surface area contributed by atoms with E-state index in [1.54, 1.807) is 6.92 Å². The predicted octanol–water partition coefficient (Wildman–Crippen LogP) is 0.111. The van der Waals surface area contributed by atoms with Crippen molar-refractivity contribution in [1.29, 1.82) is 0 Å². The van der Waals surface area contributed by atoms with Crippen molar-refractivity contribution < 1.29 is 19.4 Å². The first-order valence-corrected chi connectivity index (χ1v) is 6.36. The number of hydrogen-bond donors (Lipinski definition) is 3. The van der Waals surface area contributed by atoms with E-state index in [2.05, 4.69) is 5.32 Å². The first kappa shape index (κ1) is 14.9. The molecule has 0 heterocycles. The van der Waals surface area contributed by atoms with Crippen molar-refractivity contribution in [2.75, 3.05) is 19.7 Å². The molecule has 6 nitrogen and oxygen atoms in total. The fourth-order valence-corrected chi connectivity index (χ4v) is 2.14. The Morgan fingerprint density at radius 3 is 2.56 bits per heavy atom. The van der Waals surface area contributed by atoms with Crippen molar-refractivity contribution in [2.45, 2.75) is 38.7 Å². The van der Waals surface area contributed by atoms with Crippen molar-refractivity contribution in [3.8, 4) is 0 Å². The molecule has 1 aliphatic rings. The zero-order chi connectivity index (χ0) is 13.6. The average Bonchev–Trinajstić information content (AvgIpc) is 2.25. The Morgan fingerprint density at radius 1 is 1.50 bits per heavy atom. The summed E-state index contributed by atoms with van der Waals surface area (Å²) in [4.78, 5) is 22.6. The lowest BCUT2D eigenvalue weighted by molar-refractivity contribution is -0.141. The summed E-state index contributed by atoms with van der Waals surface area (Å²) in [6.07, 6.45) is 2.06. The summed E-state index contributed by atoms with van der Waals surface area (Å²) in [6.45, 7) is 2.79. The van der Waals surface area contributed by atoms with Crippen LogP contribution in [0.1, 0.15) is 32.6 Å². The van der Waals surface area contributed by atoms with Gasteiger partial charge in [0.15, 0.2) is 0 Å². The van der Waals surface area contributed by atoms with Gasteiger partial charge < -0.3 is 20.9 Å². The number of carboxylic acid groups (broad SMARTS) is 1. The first-order chi connectivity index (χ1) is 8.54. The Kier molecular flexibility index (Phi) is 5.55. The third kappa shape index (κ3) is 3.68. The molecule has 0 radical (unpaired) electrons. The molecular weight excluding hydrogens is 236 g/mol. The Bertz CT molecular complexity index is 297. The molecule has 1 rings (SSSR count). The minimum atomic E-state index is -0.931. The van der Waals surface area contributed by atoms with Gasteiger partial charge in [0, 0.05) is 19.7 Å². The molecule has 0 saturated heterocycles. The second kappa shape index (κ2) is 6.70. The van der Waals surface area contributed by atoms with Crippen LogP contribution in [-0.2, 0) is 14.3 Å². The van der Waals surface area contributed by atoms with Crippen LogP contribution < -0.4 is 11.1 Å². The summed E-state index contributed by atoms with van der Waals surface area (Å²) in [5, 5.41) is 11.5. The molecule has 1 amide bonds. The van der Waals surface area contributed by atoms with Crippen LogP contribution in [0.2, 0.25) is 0 Å². The summed E-state index contributed by atoms with van der Waals surface area (Å²) in [7, 11) is 0. The number of hydrogen-bond acceptors (Lipinski definition) is 4. The van der Waals surface area contributed by atoms with Gasteiger partial charge in [-0.2, -0.15) is 0 Å². The minimum absolute atomic E-state index is 0.0775. The highest BCUT2D eigenvalue weighted by atomic mass is 16.5. The van der Waals surface area contributed by atoms with E-state index in [0.717, 1.165) is 19.3 Å². The van der Waals surface area contributed by atoms with Gasteiger partial charge in [-0.15, -0.1) is 0 Å². The number of amides is 1. The van der Waals surface area contributed by atoms with E-state index in [0.29, 0.717) is 13.2 Å². The molecule has 0 aromatic heterocycles. The molecule has 0 bridgehead atoms. The van der Waals surface area contributed by atoms with Gasteiger partial charge in [-0.3, -0.25) is 9.59 Å². The molecule has 104 valence electrons. The molecule has 1 saturated carbocycles. The largest absolute Gasteiger partial charge is 0.481 e. The van der Waals surface area contributed by atoms with Crippen LogP contribution in [0.25, 0.3) is 0 Å². The van der Waals surface area contributed by atoms with Crippen LogP contribution in [0.5, 0.6) is 0 Å². The second-order valence-electron chi connectivity index (χ2n) is 4.72. The van der Waals surface area contributed by atoms with E-state index in [1.807, 2.05) is 0 Å². The number of nitrogens with two attached hydrogens (primary N) is 1. The van der Waals surface area contributed by atoms with Crippen LogP contribution in [0.15, 0.2) is 0 Å². The number of aliphatic carboxylic acids is 1. The van der Waals surface area contributed by atoms with Crippen LogP contribution >= 0.6 is 0 Å². The second-order valence-corrected chi connectivity index (χ2v) is 4.72. The molecule has 6 heteroatoms. The van der Waals surface area contributed by atoms with E-state index < -0.39 is 17.5 Å². The van der Waals surface area contributed by atoms with Crippen molar-refractivity contribution in [3.05, 3.63) is 0 Å². The molecular formula is C12H22N2O4. The zero-order valence-corrected chi connectivity index (χ0v) is 10.8. The molecule has 0 aromatic rings. The van der Waals surface area contributed by atoms with Gasteiger partial charge in [0.05, 0.1) is 17.9 Å². The number of carbonyl (C=O) groups is 2. The van der Waals surface area contributed by atoms with E-state index >= 15 is 0 Å². The van der Waals surface area contributed by atoms with Gasteiger partial charge in [-0.1, -0.05) is 6.42 Å². The molecule has 0 spiro atoms. The SMILES string of the molecule is CCOC(CNC(=O)C1(CN)CCC1)CC(=O)O. The van der Waals surface area contributed by atoms with Crippen LogP contribution in [0, 0.1) is 5.41 Å². The fraction of sp³-hybridized carbons (Fsp3) is 0.833. The monoisotopic (exact) mass is 258 g/mol. The summed E-state index contributed by atoms with van der Waals surface area (Å²) >= 11 is 0. The normalized spacial score (nSPS) is 18.8. The molecule has 1 unspecified atom stereocenters. The number of nitrogens with one attached hydrogen (secondary N) is 1. The van der Waals surface area contributed by atoms with Crippen LogP contribution in [0.4, 0.5) is 0 Å². The Balaban J connectivity index is 2.41. The predicted molar refractivity (Wildman–Crippen MR) is 66.0 cm³/mol. The number of carboxylic acids is 1. The van der Waals surface area contributed by atoms with Gasteiger partial charge in [0.25, 0.3) is 0 Å². The maximum absolute atomic E-state index is 12.0. The quantitative estimate of drug-likeness (QED) is 0.573. The number of ether oxygens (including phenoxy) is 1. The Labute approximate surface area is 107 Å². The van der Waals surface area contributed by atoms with Gasteiger partial charge >= 0.3 is 5.97 Å². The van der Waals surface area contributed by atoms with E-state index in [-0.39, 0.29) is 18.9 Å². The molecule has 0 aliphatic heterocycles. The average molecular weight is 258 g/mol. The topological polar surface area (TPSA) is 102 Å². The highest BCUT2D eigenvalue weighted by Gasteiger charge is 2.42. The maximum atomic E-state index is 12.0. The summed E-state index contributed by atoms with van der Waals surface area (Å²) in [5.74, 6) is -1.01. The van der Waals surface area contributed by atoms with E-state index in [4.69, 9.17) is 15.6 Å². The smallest absolute Gasteiger partial charge is 0.306 e. The lowest BCUT2D eigenvalue weighted by atomic mass is 9.68. The molecule has 18 heavy (non-hydrogen) atoms. The van der Waals surface area contributed by atoms with Crippen molar-refractivity contribution >= 4 is 11.9 Å². The van der Waals surface area contributed by atoms with Crippen molar-refractivity contribution in [3.63, 3.8) is 0 Å². The van der Waals surface area contributed by atoms with Gasteiger partial charge in [-0.25, -0.2) is 0 Å². The summed E-state index contributed by atoms with van der Waals surface area (Å²) < 4.78 is 5.27. The summed E-state index contributed by atoms with van der Waals surface area (Å²) in [6, 6.07) is 0. The fourth-order valence-electron chi connectivity index (χ4n) is 2.14. The van der Waals surface area contributed by atoms with Crippen LogP contribution in [0.3, 0.4) is 0 Å². The third-order valence-electron chi connectivity index (χ3n) is 3.48.